The quantitative estimate of drug-likeness (QED) is 0.462. The van der Waals surface area contributed by atoms with Crippen LogP contribution >= 0.6 is 23.1 Å². The summed E-state index contributed by atoms with van der Waals surface area (Å²) in [4.78, 5) is 13.7. The Balaban J connectivity index is 1.48. The number of benzene rings is 1. The Kier molecular flexibility index (Phi) is 6.96. The molecular formula is C20H23N5O4S3. The van der Waals surface area contributed by atoms with Gasteiger partial charge < -0.3 is 10.1 Å². The first kappa shape index (κ1) is 22.9. The van der Waals surface area contributed by atoms with Crippen molar-refractivity contribution in [3.8, 4) is 10.7 Å². The van der Waals surface area contributed by atoms with Crippen molar-refractivity contribution >= 4 is 44.7 Å². The van der Waals surface area contributed by atoms with E-state index >= 15 is 0 Å². The van der Waals surface area contributed by atoms with Crippen LogP contribution in [0.2, 0.25) is 0 Å². The minimum Gasteiger partial charge on any atom is -0.376 e. The first-order chi connectivity index (χ1) is 15.3. The predicted octanol–water partition coefficient (Wildman–Crippen LogP) is 2.95. The number of thioether (sulfide) groups is 1. The van der Waals surface area contributed by atoms with Gasteiger partial charge >= 0.3 is 0 Å². The molecule has 3 aromatic rings. The first-order valence-electron chi connectivity index (χ1n) is 10.0. The second-order valence-corrected chi connectivity index (χ2v) is 11.2. The number of carbonyl (C=O) groups is 1. The number of nitrogens with zero attached hydrogens (tertiary/aromatic N) is 3. The Hall–Kier alpha value is -2.25. The van der Waals surface area contributed by atoms with Gasteiger partial charge in [-0.15, -0.1) is 21.5 Å². The maximum absolute atomic E-state index is 12.7. The van der Waals surface area contributed by atoms with Crippen LogP contribution in [0.4, 0.5) is 5.69 Å². The molecule has 3 N–H and O–H groups in total. The highest BCUT2D eigenvalue weighted by Crippen LogP contribution is 2.31. The number of carbonyl (C=O) groups excluding carboxylic acids is 1. The molecule has 2 atom stereocenters. The zero-order chi connectivity index (χ0) is 22.7. The molecule has 2 unspecified atom stereocenters. The molecule has 0 bridgehead atoms. The van der Waals surface area contributed by atoms with Gasteiger partial charge in [0.1, 0.15) is 0 Å². The molecule has 3 heterocycles. The molecule has 0 aliphatic carbocycles. The third-order valence-electron chi connectivity index (χ3n) is 4.97. The third-order valence-corrected chi connectivity index (χ3v) is 7.85. The molecule has 32 heavy (non-hydrogen) atoms. The Morgan fingerprint density at radius 3 is 2.75 bits per heavy atom. The zero-order valence-electron chi connectivity index (χ0n) is 17.3. The number of ether oxygens (including phenoxy) is 1. The minimum atomic E-state index is -3.78. The number of amides is 1. The van der Waals surface area contributed by atoms with Crippen molar-refractivity contribution in [3.05, 3.63) is 41.8 Å². The third kappa shape index (κ3) is 5.38. The molecule has 1 aliphatic rings. The molecular weight excluding hydrogens is 470 g/mol. The van der Waals surface area contributed by atoms with Gasteiger partial charge in [0.25, 0.3) is 0 Å². The van der Waals surface area contributed by atoms with Crippen LogP contribution in [0.1, 0.15) is 19.8 Å². The maximum Gasteiger partial charge on any atom is 0.238 e. The largest absolute Gasteiger partial charge is 0.376 e. The smallest absolute Gasteiger partial charge is 0.238 e. The summed E-state index contributed by atoms with van der Waals surface area (Å²) >= 11 is 2.90. The van der Waals surface area contributed by atoms with E-state index in [4.69, 9.17) is 9.88 Å². The summed E-state index contributed by atoms with van der Waals surface area (Å²) in [5, 5.41) is 18.8. The summed E-state index contributed by atoms with van der Waals surface area (Å²) in [5.74, 6) is 0.534. The molecule has 4 rings (SSSR count). The Bertz CT molecular complexity index is 1170. The van der Waals surface area contributed by atoms with Crippen molar-refractivity contribution in [2.24, 2.45) is 5.14 Å². The topological polar surface area (TPSA) is 129 Å². The van der Waals surface area contributed by atoms with Gasteiger partial charge in [0.05, 0.1) is 27.7 Å². The van der Waals surface area contributed by atoms with Crippen molar-refractivity contribution in [1.29, 1.82) is 0 Å². The van der Waals surface area contributed by atoms with E-state index in [0.717, 1.165) is 30.2 Å². The van der Waals surface area contributed by atoms with Gasteiger partial charge in [0.15, 0.2) is 11.0 Å². The molecule has 1 amide bonds. The van der Waals surface area contributed by atoms with E-state index in [1.807, 2.05) is 22.1 Å². The van der Waals surface area contributed by atoms with E-state index in [1.165, 1.54) is 36.0 Å². The molecule has 170 valence electrons. The van der Waals surface area contributed by atoms with E-state index in [1.54, 1.807) is 18.3 Å². The molecule has 1 saturated heterocycles. The zero-order valence-corrected chi connectivity index (χ0v) is 19.8. The Labute approximate surface area is 194 Å². The average molecular weight is 494 g/mol. The number of nitrogens with two attached hydrogens (primary N) is 1. The molecule has 0 spiro atoms. The normalized spacial score (nSPS) is 17.4. The van der Waals surface area contributed by atoms with Crippen LogP contribution < -0.4 is 10.5 Å². The van der Waals surface area contributed by atoms with Crippen LogP contribution in [0.25, 0.3) is 10.7 Å². The summed E-state index contributed by atoms with van der Waals surface area (Å²) in [5.41, 5.74) is 0.481. The number of sulfonamides is 1. The van der Waals surface area contributed by atoms with Crippen molar-refractivity contribution in [2.45, 2.75) is 47.7 Å². The highest BCUT2D eigenvalue weighted by molar-refractivity contribution is 8.00. The van der Waals surface area contributed by atoms with Gasteiger partial charge in [0, 0.05) is 12.3 Å². The van der Waals surface area contributed by atoms with Crippen LogP contribution in [-0.2, 0) is 26.1 Å². The lowest BCUT2D eigenvalue weighted by atomic mass is 10.2. The lowest BCUT2D eigenvalue weighted by Crippen LogP contribution is -2.23. The number of hydrogen-bond donors (Lipinski definition) is 2. The predicted molar refractivity (Wildman–Crippen MR) is 124 cm³/mol. The standard InChI is InChI=1S/C20H23N5O4S3/c1-13(19(26)22-14-6-8-16(9-7-14)32(21,27)28)31-20-24-23-18(17-5-3-11-30-17)25(20)12-15-4-2-10-29-15/h3,5-9,11,13,15H,2,4,10,12H2,1H3,(H,22,26)(H2,21,27,28). The molecule has 12 heteroatoms. The highest BCUT2D eigenvalue weighted by Gasteiger charge is 2.25. The number of rotatable bonds is 8. The molecule has 1 aromatic carbocycles. The number of hydrogen-bond acceptors (Lipinski definition) is 8. The molecule has 9 nitrogen and oxygen atoms in total. The summed E-state index contributed by atoms with van der Waals surface area (Å²) in [6.45, 7) is 3.17. The van der Waals surface area contributed by atoms with E-state index in [-0.39, 0.29) is 16.9 Å². The molecule has 0 saturated carbocycles. The van der Waals surface area contributed by atoms with Crippen molar-refractivity contribution in [2.75, 3.05) is 11.9 Å². The van der Waals surface area contributed by atoms with Crippen molar-refractivity contribution in [3.63, 3.8) is 0 Å². The van der Waals surface area contributed by atoms with Crippen LogP contribution in [0.5, 0.6) is 0 Å². The Morgan fingerprint density at radius 2 is 2.12 bits per heavy atom. The SMILES string of the molecule is CC(Sc1nnc(-c2cccs2)n1CC1CCCO1)C(=O)Nc1ccc(S(N)(=O)=O)cc1. The number of thiophene rings is 1. The molecule has 2 aromatic heterocycles. The number of aromatic nitrogens is 3. The number of anilines is 1. The second kappa shape index (κ2) is 9.71. The van der Waals surface area contributed by atoms with E-state index in [2.05, 4.69) is 15.5 Å². The van der Waals surface area contributed by atoms with Gasteiger partial charge in [-0.05, 0) is 55.5 Å². The fourth-order valence-electron chi connectivity index (χ4n) is 3.30. The van der Waals surface area contributed by atoms with E-state index in [9.17, 15) is 13.2 Å². The summed E-state index contributed by atoms with van der Waals surface area (Å²) in [7, 11) is -3.78. The van der Waals surface area contributed by atoms with Gasteiger partial charge in [0.2, 0.25) is 15.9 Å². The summed E-state index contributed by atoms with van der Waals surface area (Å²) in [6, 6.07) is 9.68. The maximum atomic E-state index is 12.7. The molecule has 1 fully saturated rings. The lowest BCUT2D eigenvalue weighted by Gasteiger charge is -2.16. The monoisotopic (exact) mass is 493 g/mol. The minimum absolute atomic E-state index is 0.0127. The average Bonchev–Trinajstić information content (AvgIpc) is 3.51. The van der Waals surface area contributed by atoms with Gasteiger partial charge in [-0.25, -0.2) is 13.6 Å². The van der Waals surface area contributed by atoms with E-state index < -0.39 is 15.3 Å². The van der Waals surface area contributed by atoms with Gasteiger partial charge in [-0.2, -0.15) is 0 Å². The fourth-order valence-corrected chi connectivity index (χ4v) is 5.40. The van der Waals surface area contributed by atoms with Crippen LogP contribution in [0.15, 0.2) is 51.8 Å². The Morgan fingerprint density at radius 1 is 1.34 bits per heavy atom. The molecule has 1 aliphatic heterocycles. The van der Waals surface area contributed by atoms with Crippen LogP contribution in [0, 0.1) is 0 Å². The lowest BCUT2D eigenvalue weighted by molar-refractivity contribution is -0.115. The fraction of sp³-hybridized carbons (Fsp3) is 0.350. The highest BCUT2D eigenvalue weighted by atomic mass is 32.2. The van der Waals surface area contributed by atoms with E-state index in [0.29, 0.717) is 17.4 Å². The summed E-state index contributed by atoms with van der Waals surface area (Å²) in [6.07, 6.45) is 2.12. The van der Waals surface area contributed by atoms with Crippen LogP contribution in [0.3, 0.4) is 0 Å². The molecule has 0 radical (unpaired) electrons. The van der Waals surface area contributed by atoms with Gasteiger partial charge in [-0.1, -0.05) is 17.8 Å². The van der Waals surface area contributed by atoms with Crippen LogP contribution in [-0.4, -0.2) is 47.1 Å². The number of nitrogens with one attached hydrogen (secondary N) is 1. The summed E-state index contributed by atoms with van der Waals surface area (Å²) < 4.78 is 30.6. The second-order valence-electron chi connectivity index (χ2n) is 7.35. The number of primary sulfonamides is 1. The van der Waals surface area contributed by atoms with Gasteiger partial charge in [-0.3, -0.25) is 9.36 Å². The first-order valence-corrected chi connectivity index (χ1v) is 13.3. The van der Waals surface area contributed by atoms with Crippen molar-refractivity contribution < 1.29 is 17.9 Å². The van der Waals surface area contributed by atoms with Crippen molar-refractivity contribution in [1.82, 2.24) is 14.8 Å².